The van der Waals surface area contributed by atoms with Crippen molar-refractivity contribution in [2.75, 3.05) is 19.6 Å². The topological polar surface area (TPSA) is 23.5 Å². The predicted octanol–water partition coefficient (Wildman–Crippen LogP) is 2.08. The summed E-state index contributed by atoms with van der Waals surface area (Å²) in [6.07, 6.45) is 0.875. The van der Waals surface area contributed by atoms with Gasteiger partial charge in [0, 0.05) is 11.6 Å². The van der Waals surface area contributed by atoms with Crippen LogP contribution in [0, 0.1) is 0 Å². The highest BCUT2D eigenvalue weighted by molar-refractivity contribution is 6.30. The van der Waals surface area contributed by atoms with Crippen LogP contribution in [0.3, 0.4) is 0 Å². The van der Waals surface area contributed by atoms with Crippen LogP contribution >= 0.6 is 11.6 Å². The van der Waals surface area contributed by atoms with Gasteiger partial charge in [-0.25, -0.2) is 0 Å². The Kier molecular flexibility index (Phi) is 3.06. The third-order valence-electron chi connectivity index (χ3n) is 2.63. The van der Waals surface area contributed by atoms with Crippen molar-refractivity contribution >= 4 is 11.6 Å². The second-order valence-electron chi connectivity index (χ2n) is 3.72. The molecule has 0 saturated carbocycles. The number of nitrogens with zero attached hydrogens (tertiary/aromatic N) is 1. The molecule has 1 unspecified atom stereocenters. The number of hydrogen-bond acceptors (Lipinski definition) is 2. The van der Waals surface area contributed by atoms with Crippen molar-refractivity contribution in [2.45, 2.75) is 12.5 Å². The first-order valence-electron chi connectivity index (χ1n) is 4.91. The molecule has 1 fully saturated rings. The van der Waals surface area contributed by atoms with Gasteiger partial charge in [0.2, 0.25) is 0 Å². The van der Waals surface area contributed by atoms with E-state index in [4.69, 9.17) is 11.6 Å². The third kappa shape index (κ3) is 2.27. The van der Waals surface area contributed by atoms with Crippen LogP contribution in [-0.2, 0) is 0 Å². The fourth-order valence-electron chi connectivity index (χ4n) is 1.60. The Morgan fingerprint density at radius 2 is 1.93 bits per heavy atom. The molecule has 76 valence electrons. The molecule has 1 aliphatic heterocycles. The minimum atomic E-state index is -0.382. The van der Waals surface area contributed by atoms with E-state index in [9.17, 15) is 5.11 Å². The van der Waals surface area contributed by atoms with Crippen molar-refractivity contribution < 1.29 is 5.11 Å². The average Bonchev–Trinajstić information content (AvgIpc) is 2.12. The van der Waals surface area contributed by atoms with Crippen LogP contribution in [0.4, 0.5) is 0 Å². The lowest BCUT2D eigenvalue weighted by atomic mass is 10.1. The maximum atomic E-state index is 9.86. The molecule has 1 N–H and O–H groups in total. The van der Waals surface area contributed by atoms with E-state index in [1.165, 1.54) is 6.42 Å². The van der Waals surface area contributed by atoms with E-state index in [0.29, 0.717) is 5.02 Å². The first kappa shape index (κ1) is 9.97. The zero-order valence-corrected chi connectivity index (χ0v) is 8.74. The number of hydrogen-bond donors (Lipinski definition) is 1. The molecule has 1 aromatic carbocycles. The third-order valence-corrected chi connectivity index (χ3v) is 2.89. The molecule has 14 heavy (non-hydrogen) atoms. The maximum absolute atomic E-state index is 9.86. The quantitative estimate of drug-likeness (QED) is 0.828. The van der Waals surface area contributed by atoms with Gasteiger partial charge in [0.1, 0.15) is 0 Å². The van der Waals surface area contributed by atoms with Crippen LogP contribution in [0.1, 0.15) is 18.1 Å². The lowest BCUT2D eigenvalue weighted by molar-refractivity contribution is 0.0788. The van der Waals surface area contributed by atoms with Gasteiger partial charge in [-0.1, -0.05) is 23.7 Å². The molecule has 0 aromatic heterocycles. The van der Waals surface area contributed by atoms with Gasteiger partial charge in [-0.15, -0.1) is 0 Å². The van der Waals surface area contributed by atoms with E-state index < -0.39 is 0 Å². The fraction of sp³-hybridized carbons (Fsp3) is 0.455. The Balaban J connectivity index is 1.95. The molecule has 0 amide bonds. The summed E-state index contributed by atoms with van der Waals surface area (Å²) < 4.78 is 0. The number of β-amino-alcohol motifs (C(OH)–C–C–N with tert-alkyl or cyclic N) is 1. The minimum absolute atomic E-state index is 0.382. The van der Waals surface area contributed by atoms with Crippen molar-refractivity contribution in [3.63, 3.8) is 0 Å². The summed E-state index contributed by atoms with van der Waals surface area (Å²) in [5, 5.41) is 10.6. The van der Waals surface area contributed by atoms with Gasteiger partial charge in [0.05, 0.1) is 6.10 Å². The molecule has 3 heteroatoms. The SMILES string of the molecule is OC(CN1CCC1)c1ccc(Cl)cc1. The van der Waals surface area contributed by atoms with Crippen LogP contribution in [-0.4, -0.2) is 29.6 Å². The second-order valence-corrected chi connectivity index (χ2v) is 4.16. The first-order chi connectivity index (χ1) is 6.75. The molecule has 1 heterocycles. The molecule has 2 nitrogen and oxygen atoms in total. The van der Waals surface area contributed by atoms with Gasteiger partial charge >= 0.3 is 0 Å². The Morgan fingerprint density at radius 1 is 1.29 bits per heavy atom. The number of rotatable bonds is 3. The first-order valence-corrected chi connectivity index (χ1v) is 5.29. The van der Waals surface area contributed by atoms with Crippen LogP contribution in [0.15, 0.2) is 24.3 Å². The van der Waals surface area contributed by atoms with Gasteiger partial charge in [0.15, 0.2) is 0 Å². The maximum Gasteiger partial charge on any atom is 0.0916 e. The lowest BCUT2D eigenvalue weighted by Crippen LogP contribution is -2.39. The van der Waals surface area contributed by atoms with Gasteiger partial charge < -0.3 is 10.0 Å². The summed E-state index contributed by atoms with van der Waals surface area (Å²) in [6, 6.07) is 7.39. The highest BCUT2D eigenvalue weighted by Gasteiger charge is 2.18. The normalized spacial score (nSPS) is 19.0. The van der Waals surface area contributed by atoms with E-state index >= 15 is 0 Å². The average molecular weight is 212 g/mol. The fourth-order valence-corrected chi connectivity index (χ4v) is 1.73. The Hall–Kier alpha value is -0.570. The smallest absolute Gasteiger partial charge is 0.0916 e. The van der Waals surface area contributed by atoms with Crippen LogP contribution in [0.2, 0.25) is 5.02 Å². The summed E-state index contributed by atoms with van der Waals surface area (Å²) in [7, 11) is 0. The van der Waals surface area contributed by atoms with E-state index in [2.05, 4.69) is 4.90 Å². The Morgan fingerprint density at radius 3 is 2.43 bits per heavy atom. The lowest BCUT2D eigenvalue weighted by Gasteiger charge is -2.32. The highest BCUT2D eigenvalue weighted by Crippen LogP contribution is 2.19. The second kappa shape index (κ2) is 4.30. The molecule has 1 aromatic rings. The number of aliphatic hydroxyl groups excluding tert-OH is 1. The monoisotopic (exact) mass is 211 g/mol. The summed E-state index contributed by atoms with van der Waals surface area (Å²) in [6.45, 7) is 2.97. The zero-order valence-electron chi connectivity index (χ0n) is 7.99. The Bertz CT molecular complexity index is 295. The van der Waals surface area contributed by atoms with E-state index in [-0.39, 0.29) is 6.10 Å². The zero-order chi connectivity index (χ0) is 9.97. The van der Waals surface area contributed by atoms with Crippen molar-refractivity contribution in [2.24, 2.45) is 0 Å². The van der Waals surface area contributed by atoms with Crippen LogP contribution < -0.4 is 0 Å². The van der Waals surface area contributed by atoms with Crippen molar-refractivity contribution in [1.29, 1.82) is 0 Å². The number of aliphatic hydroxyl groups is 1. The number of likely N-dealkylation sites (tertiary alicyclic amines) is 1. The minimum Gasteiger partial charge on any atom is -0.387 e. The molecule has 0 bridgehead atoms. The van der Waals surface area contributed by atoms with Gasteiger partial charge in [-0.05, 0) is 37.2 Å². The van der Waals surface area contributed by atoms with Gasteiger partial charge in [-0.3, -0.25) is 0 Å². The van der Waals surface area contributed by atoms with Gasteiger partial charge in [-0.2, -0.15) is 0 Å². The number of halogens is 1. The number of benzene rings is 1. The summed E-state index contributed by atoms with van der Waals surface area (Å²) in [5.74, 6) is 0. The van der Waals surface area contributed by atoms with Crippen molar-refractivity contribution in [3.8, 4) is 0 Å². The summed E-state index contributed by atoms with van der Waals surface area (Å²) in [4.78, 5) is 2.25. The predicted molar refractivity (Wildman–Crippen MR) is 57.5 cm³/mol. The molecule has 0 aliphatic carbocycles. The molecular formula is C11H14ClNO. The molecule has 0 spiro atoms. The van der Waals surface area contributed by atoms with Crippen molar-refractivity contribution in [1.82, 2.24) is 4.90 Å². The summed E-state index contributed by atoms with van der Waals surface area (Å²) in [5.41, 5.74) is 0.946. The largest absolute Gasteiger partial charge is 0.387 e. The van der Waals surface area contributed by atoms with Crippen molar-refractivity contribution in [3.05, 3.63) is 34.9 Å². The molecule has 1 atom stereocenters. The standard InChI is InChI=1S/C11H14ClNO/c12-10-4-2-9(3-5-10)11(14)8-13-6-1-7-13/h2-5,11,14H,1,6-8H2. The van der Waals surface area contributed by atoms with Crippen LogP contribution in [0.5, 0.6) is 0 Å². The molecule has 0 radical (unpaired) electrons. The molecule has 1 aliphatic rings. The molecular weight excluding hydrogens is 198 g/mol. The van der Waals surface area contributed by atoms with E-state index in [1.807, 2.05) is 24.3 Å². The van der Waals surface area contributed by atoms with E-state index in [0.717, 1.165) is 25.2 Å². The summed E-state index contributed by atoms with van der Waals surface area (Å²) >= 11 is 5.77. The molecule has 1 saturated heterocycles. The highest BCUT2D eigenvalue weighted by atomic mass is 35.5. The van der Waals surface area contributed by atoms with E-state index in [1.54, 1.807) is 0 Å². The molecule has 2 rings (SSSR count). The van der Waals surface area contributed by atoms with Gasteiger partial charge in [0.25, 0.3) is 0 Å². The Labute approximate surface area is 89.1 Å². The van der Waals surface area contributed by atoms with Crippen LogP contribution in [0.25, 0.3) is 0 Å².